The van der Waals surface area contributed by atoms with Crippen molar-refractivity contribution in [3.8, 4) is 5.75 Å². The van der Waals surface area contributed by atoms with Crippen molar-refractivity contribution in [2.24, 2.45) is 17.7 Å². The van der Waals surface area contributed by atoms with Crippen LogP contribution in [-0.4, -0.2) is 13.2 Å². The highest BCUT2D eigenvalue weighted by molar-refractivity contribution is 5.29. The molecule has 0 spiro atoms. The predicted molar refractivity (Wildman–Crippen MR) is 78.9 cm³/mol. The van der Waals surface area contributed by atoms with Gasteiger partial charge in [0.2, 0.25) is 0 Å². The molecule has 2 rings (SSSR count). The molecule has 0 aliphatic heterocycles. The van der Waals surface area contributed by atoms with Crippen LogP contribution < -0.4 is 16.0 Å². The second kappa shape index (κ2) is 6.92. The Bertz CT molecular complexity index is 386. The zero-order valence-corrected chi connectivity index (χ0v) is 12.1. The lowest BCUT2D eigenvalue weighted by Gasteiger charge is -2.32. The van der Waals surface area contributed by atoms with E-state index in [9.17, 15) is 0 Å². The van der Waals surface area contributed by atoms with Crippen LogP contribution in [0.5, 0.6) is 5.75 Å². The average molecular weight is 262 g/mol. The second-order valence-corrected chi connectivity index (χ2v) is 5.85. The van der Waals surface area contributed by atoms with Gasteiger partial charge in [-0.05, 0) is 48.8 Å². The van der Waals surface area contributed by atoms with Crippen molar-refractivity contribution in [3.05, 3.63) is 29.8 Å². The van der Waals surface area contributed by atoms with E-state index >= 15 is 0 Å². The molecule has 1 aromatic rings. The Morgan fingerprint density at radius 2 is 2.05 bits per heavy atom. The van der Waals surface area contributed by atoms with Gasteiger partial charge in [0.25, 0.3) is 0 Å². The Morgan fingerprint density at radius 3 is 2.68 bits per heavy atom. The van der Waals surface area contributed by atoms with E-state index in [-0.39, 0.29) is 0 Å². The summed E-state index contributed by atoms with van der Waals surface area (Å²) in [7, 11) is 1.71. The summed E-state index contributed by atoms with van der Waals surface area (Å²) >= 11 is 0. The van der Waals surface area contributed by atoms with Crippen LogP contribution in [0.1, 0.15) is 38.2 Å². The summed E-state index contributed by atoms with van der Waals surface area (Å²) in [6.45, 7) is 2.35. The van der Waals surface area contributed by atoms with Crippen molar-refractivity contribution in [3.63, 3.8) is 0 Å². The molecule has 1 atom stereocenters. The van der Waals surface area contributed by atoms with E-state index in [0.717, 1.165) is 18.1 Å². The lowest BCUT2D eigenvalue weighted by Crippen LogP contribution is -2.43. The summed E-state index contributed by atoms with van der Waals surface area (Å²) < 4.78 is 5.28. The van der Waals surface area contributed by atoms with Crippen LogP contribution >= 0.6 is 0 Å². The summed E-state index contributed by atoms with van der Waals surface area (Å²) in [5.41, 5.74) is 4.32. The molecular weight excluding hydrogens is 236 g/mol. The Hall–Kier alpha value is -1.06. The smallest absolute Gasteiger partial charge is 0.119 e. The van der Waals surface area contributed by atoms with Crippen LogP contribution in [0.3, 0.4) is 0 Å². The maximum atomic E-state index is 5.78. The fraction of sp³-hybridized carbons (Fsp3) is 0.625. The van der Waals surface area contributed by atoms with Gasteiger partial charge in [-0.1, -0.05) is 31.9 Å². The highest BCUT2D eigenvalue weighted by atomic mass is 16.5. The van der Waals surface area contributed by atoms with Crippen LogP contribution in [0.4, 0.5) is 0 Å². The first-order valence-corrected chi connectivity index (χ1v) is 7.32. The molecule has 0 bridgehead atoms. The van der Waals surface area contributed by atoms with Gasteiger partial charge in [0.05, 0.1) is 7.11 Å². The SMILES string of the molecule is COc1cccc(CC(NN)C2CCC(C)CC2)c1. The van der Waals surface area contributed by atoms with Crippen LogP contribution in [-0.2, 0) is 6.42 Å². The molecule has 0 saturated heterocycles. The van der Waals surface area contributed by atoms with Crippen LogP contribution in [0.2, 0.25) is 0 Å². The molecule has 0 heterocycles. The molecule has 0 aromatic heterocycles. The molecule has 0 radical (unpaired) electrons. The van der Waals surface area contributed by atoms with Crippen molar-refractivity contribution in [2.45, 2.75) is 45.1 Å². The van der Waals surface area contributed by atoms with Crippen LogP contribution in [0.25, 0.3) is 0 Å². The van der Waals surface area contributed by atoms with Crippen molar-refractivity contribution < 1.29 is 4.74 Å². The van der Waals surface area contributed by atoms with Gasteiger partial charge in [0.15, 0.2) is 0 Å². The minimum atomic E-state index is 0.375. The average Bonchev–Trinajstić information content (AvgIpc) is 2.46. The number of nitrogens with one attached hydrogen (secondary N) is 1. The topological polar surface area (TPSA) is 47.3 Å². The Balaban J connectivity index is 1.98. The maximum Gasteiger partial charge on any atom is 0.119 e. The van der Waals surface area contributed by atoms with Gasteiger partial charge < -0.3 is 4.74 Å². The fourth-order valence-electron chi connectivity index (χ4n) is 3.10. The number of hydrogen-bond donors (Lipinski definition) is 2. The normalized spacial score (nSPS) is 25.0. The third-order valence-electron chi connectivity index (χ3n) is 4.43. The summed E-state index contributed by atoms with van der Waals surface area (Å²) in [4.78, 5) is 0. The van der Waals surface area contributed by atoms with Gasteiger partial charge in [-0.15, -0.1) is 0 Å². The van der Waals surface area contributed by atoms with Gasteiger partial charge in [0.1, 0.15) is 5.75 Å². The molecule has 1 saturated carbocycles. The molecule has 1 unspecified atom stereocenters. The van der Waals surface area contributed by atoms with E-state index in [1.165, 1.54) is 31.2 Å². The lowest BCUT2D eigenvalue weighted by molar-refractivity contribution is 0.229. The first kappa shape index (κ1) is 14.4. The van der Waals surface area contributed by atoms with E-state index in [0.29, 0.717) is 12.0 Å². The molecule has 0 amide bonds. The van der Waals surface area contributed by atoms with Crippen LogP contribution in [0, 0.1) is 11.8 Å². The number of ether oxygens (including phenoxy) is 1. The molecule has 1 aliphatic carbocycles. The number of benzene rings is 1. The first-order chi connectivity index (χ1) is 9.22. The molecule has 3 nitrogen and oxygen atoms in total. The minimum Gasteiger partial charge on any atom is -0.497 e. The Morgan fingerprint density at radius 1 is 1.32 bits per heavy atom. The zero-order valence-electron chi connectivity index (χ0n) is 12.1. The van der Waals surface area contributed by atoms with Gasteiger partial charge >= 0.3 is 0 Å². The summed E-state index contributed by atoms with van der Waals surface area (Å²) in [5.74, 6) is 8.28. The molecule has 19 heavy (non-hydrogen) atoms. The highest BCUT2D eigenvalue weighted by Gasteiger charge is 2.25. The van der Waals surface area contributed by atoms with Crippen LogP contribution in [0.15, 0.2) is 24.3 Å². The van der Waals surface area contributed by atoms with Crippen molar-refractivity contribution >= 4 is 0 Å². The lowest BCUT2D eigenvalue weighted by atomic mass is 9.78. The quantitative estimate of drug-likeness (QED) is 0.633. The van der Waals surface area contributed by atoms with Gasteiger partial charge in [0, 0.05) is 6.04 Å². The van der Waals surface area contributed by atoms with Crippen molar-refractivity contribution in [1.29, 1.82) is 0 Å². The largest absolute Gasteiger partial charge is 0.497 e. The molecule has 3 N–H and O–H groups in total. The summed E-state index contributed by atoms with van der Waals surface area (Å²) in [5, 5.41) is 0. The van der Waals surface area contributed by atoms with E-state index in [1.807, 2.05) is 12.1 Å². The number of rotatable bonds is 5. The third-order valence-corrected chi connectivity index (χ3v) is 4.43. The molecule has 1 aliphatic rings. The third kappa shape index (κ3) is 3.95. The molecule has 106 valence electrons. The number of hydrogen-bond acceptors (Lipinski definition) is 3. The highest BCUT2D eigenvalue weighted by Crippen LogP contribution is 2.31. The van der Waals surface area contributed by atoms with E-state index < -0.39 is 0 Å². The van der Waals surface area contributed by atoms with E-state index in [1.54, 1.807) is 7.11 Å². The Kier molecular flexibility index (Phi) is 5.23. The van der Waals surface area contributed by atoms with E-state index in [4.69, 9.17) is 10.6 Å². The van der Waals surface area contributed by atoms with Crippen molar-refractivity contribution in [2.75, 3.05) is 7.11 Å². The van der Waals surface area contributed by atoms with Crippen molar-refractivity contribution in [1.82, 2.24) is 5.43 Å². The summed E-state index contributed by atoms with van der Waals surface area (Å²) in [6, 6.07) is 8.66. The second-order valence-electron chi connectivity index (χ2n) is 5.85. The Labute approximate surface area is 116 Å². The molecule has 1 aromatic carbocycles. The monoisotopic (exact) mass is 262 g/mol. The first-order valence-electron chi connectivity index (χ1n) is 7.32. The number of hydrazine groups is 1. The maximum absolute atomic E-state index is 5.78. The minimum absolute atomic E-state index is 0.375. The van der Waals surface area contributed by atoms with Gasteiger partial charge in [-0.25, -0.2) is 0 Å². The standard InChI is InChI=1S/C16H26N2O/c1-12-6-8-14(9-7-12)16(18-17)11-13-4-3-5-15(10-13)19-2/h3-5,10,12,14,16,18H,6-9,11,17H2,1-2H3. The molecule has 1 fully saturated rings. The molecular formula is C16H26N2O. The fourth-order valence-corrected chi connectivity index (χ4v) is 3.10. The molecule has 3 heteroatoms. The zero-order chi connectivity index (χ0) is 13.7. The van der Waals surface area contributed by atoms with Gasteiger partial charge in [-0.2, -0.15) is 0 Å². The predicted octanol–water partition coefficient (Wildman–Crippen LogP) is 2.90. The van der Waals surface area contributed by atoms with Gasteiger partial charge in [-0.3, -0.25) is 11.3 Å². The number of methoxy groups -OCH3 is 1. The summed E-state index contributed by atoms with van der Waals surface area (Å²) in [6.07, 6.45) is 6.23. The number of nitrogens with two attached hydrogens (primary N) is 1. The van der Waals surface area contributed by atoms with E-state index in [2.05, 4.69) is 24.5 Å².